The zero-order valence-electron chi connectivity index (χ0n) is 16.8. The van der Waals surface area contributed by atoms with Crippen LogP contribution in [0.4, 0.5) is 23.7 Å². The second-order valence-corrected chi connectivity index (χ2v) is 8.48. The first kappa shape index (κ1) is 20.8. The summed E-state index contributed by atoms with van der Waals surface area (Å²) in [5.41, 5.74) is 0.843. The van der Waals surface area contributed by atoms with Crippen LogP contribution in [0.3, 0.4) is 0 Å². The Morgan fingerprint density at radius 2 is 1.89 bits per heavy atom. The van der Waals surface area contributed by atoms with Crippen molar-refractivity contribution >= 4 is 11.8 Å². The van der Waals surface area contributed by atoms with Crippen molar-refractivity contribution in [2.45, 2.75) is 58.5 Å². The molecule has 2 aliphatic heterocycles. The van der Waals surface area contributed by atoms with Gasteiger partial charge in [-0.15, -0.1) is 0 Å². The Bertz CT molecular complexity index is 743. The Kier molecular flexibility index (Phi) is 5.53. The van der Waals surface area contributed by atoms with E-state index in [1.807, 2.05) is 27.7 Å². The molecule has 0 aromatic heterocycles. The highest BCUT2D eigenvalue weighted by Gasteiger charge is 2.37. The second-order valence-electron chi connectivity index (χ2n) is 8.48. The van der Waals surface area contributed by atoms with Gasteiger partial charge in [0.05, 0.1) is 5.56 Å². The first-order valence-corrected chi connectivity index (χ1v) is 9.64. The summed E-state index contributed by atoms with van der Waals surface area (Å²) in [6.45, 7) is 9.97. The van der Waals surface area contributed by atoms with E-state index in [0.717, 1.165) is 11.3 Å². The molecule has 2 aliphatic rings. The summed E-state index contributed by atoms with van der Waals surface area (Å²) in [7, 11) is 0. The van der Waals surface area contributed by atoms with Crippen LogP contribution >= 0.6 is 0 Å². The third-order valence-electron chi connectivity index (χ3n) is 5.16. The number of alkyl halides is 3. The predicted octanol–water partition coefficient (Wildman–Crippen LogP) is 3.80. The molecule has 1 fully saturated rings. The number of amides is 1. The molecular formula is C20H28F3N3O2. The van der Waals surface area contributed by atoms with Gasteiger partial charge in [-0.3, -0.25) is 0 Å². The van der Waals surface area contributed by atoms with Crippen molar-refractivity contribution in [2.24, 2.45) is 0 Å². The van der Waals surface area contributed by atoms with Crippen LogP contribution in [0, 0.1) is 0 Å². The number of hydrogen-bond acceptors (Lipinski definition) is 4. The molecule has 0 saturated carbocycles. The molecule has 156 valence electrons. The largest absolute Gasteiger partial charge is 0.444 e. The van der Waals surface area contributed by atoms with Gasteiger partial charge in [0.25, 0.3) is 0 Å². The first-order chi connectivity index (χ1) is 13.0. The molecule has 0 radical (unpaired) electrons. The number of carbonyl (C=O) groups is 1. The molecule has 0 aliphatic carbocycles. The van der Waals surface area contributed by atoms with Gasteiger partial charge in [-0.25, -0.2) is 4.79 Å². The van der Waals surface area contributed by atoms with Gasteiger partial charge in [0, 0.05) is 37.9 Å². The lowest BCUT2D eigenvalue weighted by atomic mass is 9.92. The predicted molar refractivity (Wildman–Crippen MR) is 101 cm³/mol. The fraction of sp³-hybridized carbons (Fsp3) is 0.650. The number of rotatable bonds is 1. The van der Waals surface area contributed by atoms with Gasteiger partial charge in [-0.05, 0) is 63.9 Å². The molecule has 2 heterocycles. The Labute approximate surface area is 163 Å². The van der Waals surface area contributed by atoms with E-state index >= 15 is 0 Å². The molecule has 3 rings (SSSR count). The number of ether oxygens (including phenoxy) is 1. The lowest BCUT2D eigenvalue weighted by Crippen LogP contribution is -2.55. The number of hydrogen-bond donors (Lipinski definition) is 1. The molecule has 1 N–H and O–H groups in total. The van der Waals surface area contributed by atoms with Crippen molar-refractivity contribution in [3.63, 3.8) is 0 Å². The Balaban J connectivity index is 1.82. The highest BCUT2D eigenvalue weighted by molar-refractivity contribution is 5.69. The smallest absolute Gasteiger partial charge is 0.416 e. The van der Waals surface area contributed by atoms with Crippen LogP contribution in [0.5, 0.6) is 0 Å². The molecule has 1 amide bonds. The standard InChI is InChI=1S/C20H28F3N3O2/c1-13-12-25(9-10-26(13)18(27)28-19(2,3)4)17-6-5-16(20(21,22)23)14-7-8-24-11-15(14)17/h5-6,13,24H,7-12H2,1-4H3. The van der Waals surface area contributed by atoms with Gasteiger partial charge in [-0.1, -0.05) is 0 Å². The van der Waals surface area contributed by atoms with Crippen LogP contribution in [0.2, 0.25) is 0 Å². The maximum Gasteiger partial charge on any atom is 0.416 e. The molecule has 5 nitrogen and oxygen atoms in total. The van der Waals surface area contributed by atoms with Crippen molar-refractivity contribution in [1.29, 1.82) is 0 Å². The minimum atomic E-state index is -4.34. The number of nitrogens with one attached hydrogen (secondary N) is 1. The van der Waals surface area contributed by atoms with E-state index in [1.165, 1.54) is 6.07 Å². The van der Waals surface area contributed by atoms with Crippen molar-refractivity contribution in [3.8, 4) is 0 Å². The molecule has 1 atom stereocenters. The second kappa shape index (κ2) is 7.46. The van der Waals surface area contributed by atoms with Crippen LogP contribution in [0.1, 0.15) is 44.4 Å². The van der Waals surface area contributed by atoms with E-state index in [4.69, 9.17) is 4.74 Å². The monoisotopic (exact) mass is 399 g/mol. The average molecular weight is 399 g/mol. The molecule has 8 heteroatoms. The number of nitrogens with zero attached hydrogens (tertiary/aromatic N) is 2. The van der Waals surface area contributed by atoms with Gasteiger partial charge >= 0.3 is 12.3 Å². The Morgan fingerprint density at radius 3 is 2.50 bits per heavy atom. The number of fused-ring (bicyclic) bond motifs is 1. The first-order valence-electron chi connectivity index (χ1n) is 9.64. The maximum atomic E-state index is 13.4. The van der Waals surface area contributed by atoms with E-state index in [9.17, 15) is 18.0 Å². The van der Waals surface area contributed by atoms with Gasteiger partial charge < -0.3 is 19.9 Å². The zero-order chi connectivity index (χ0) is 20.7. The van der Waals surface area contributed by atoms with E-state index in [-0.39, 0.29) is 12.1 Å². The lowest BCUT2D eigenvalue weighted by molar-refractivity contribution is -0.138. The van der Waals surface area contributed by atoms with Crippen LogP contribution in [0.15, 0.2) is 12.1 Å². The number of carbonyl (C=O) groups excluding carboxylic acids is 1. The highest BCUT2D eigenvalue weighted by Crippen LogP contribution is 2.38. The third-order valence-corrected chi connectivity index (χ3v) is 5.16. The molecule has 1 saturated heterocycles. The van der Waals surface area contributed by atoms with E-state index < -0.39 is 17.3 Å². The average Bonchev–Trinajstić information content (AvgIpc) is 2.58. The molecule has 0 bridgehead atoms. The summed E-state index contributed by atoms with van der Waals surface area (Å²) in [6.07, 6.45) is -4.33. The van der Waals surface area contributed by atoms with E-state index in [1.54, 1.807) is 11.0 Å². The number of benzene rings is 1. The normalized spacial score (nSPS) is 20.8. The summed E-state index contributed by atoms with van der Waals surface area (Å²) < 4.78 is 45.7. The molecule has 0 spiro atoms. The Morgan fingerprint density at radius 1 is 1.18 bits per heavy atom. The summed E-state index contributed by atoms with van der Waals surface area (Å²) >= 11 is 0. The molecule has 1 unspecified atom stereocenters. The minimum Gasteiger partial charge on any atom is -0.444 e. The lowest BCUT2D eigenvalue weighted by Gasteiger charge is -2.42. The van der Waals surface area contributed by atoms with Gasteiger partial charge in [0.2, 0.25) is 0 Å². The number of halogens is 3. The minimum absolute atomic E-state index is 0.0990. The number of piperazine rings is 1. The number of anilines is 1. The topological polar surface area (TPSA) is 44.8 Å². The quantitative estimate of drug-likeness (QED) is 0.780. The van der Waals surface area contributed by atoms with Crippen LogP contribution < -0.4 is 10.2 Å². The zero-order valence-corrected chi connectivity index (χ0v) is 16.8. The van der Waals surface area contributed by atoms with Crippen molar-refractivity contribution in [1.82, 2.24) is 10.2 Å². The Hall–Kier alpha value is -1.96. The van der Waals surface area contributed by atoms with Crippen molar-refractivity contribution < 1.29 is 22.7 Å². The summed E-state index contributed by atoms with van der Waals surface area (Å²) in [5.74, 6) is 0. The van der Waals surface area contributed by atoms with Gasteiger partial charge in [-0.2, -0.15) is 13.2 Å². The summed E-state index contributed by atoms with van der Waals surface area (Å²) in [6, 6.07) is 2.67. The van der Waals surface area contributed by atoms with E-state index in [0.29, 0.717) is 44.7 Å². The van der Waals surface area contributed by atoms with Crippen LogP contribution in [-0.4, -0.2) is 48.8 Å². The molecular weight excluding hydrogens is 371 g/mol. The SMILES string of the molecule is CC1CN(c2ccc(C(F)(F)F)c3c2CNCC3)CCN1C(=O)OC(C)(C)C. The van der Waals surface area contributed by atoms with Gasteiger partial charge in [0.1, 0.15) is 5.60 Å². The molecule has 1 aromatic rings. The summed E-state index contributed by atoms with van der Waals surface area (Å²) in [4.78, 5) is 16.2. The molecule has 1 aromatic carbocycles. The highest BCUT2D eigenvalue weighted by atomic mass is 19.4. The third kappa shape index (κ3) is 4.37. The summed E-state index contributed by atoms with van der Waals surface area (Å²) in [5, 5.41) is 3.18. The van der Waals surface area contributed by atoms with Gasteiger partial charge in [0.15, 0.2) is 0 Å². The van der Waals surface area contributed by atoms with Crippen molar-refractivity contribution in [2.75, 3.05) is 31.1 Å². The van der Waals surface area contributed by atoms with Crippen molar-refractivity contribution in [3.05, 3.63) is 28.8 Å². The van der Waals surface area contributed by atoms with Crippen LogP contribution in [-0.2, 0) is 23.9 Å². The molecule has 28 heavy (non-hydrogen) atoms. The maximum absolute atomic E-state index is 13.4. The van der Waals surface area contributed by atoms with Crippen LogP contribution in [0.25, 0.3) is 0 Å². The van der Waals surface area contributed by atoms with E-state index in [2.05, 4.69) is 10.2 Å². The fourth-order valence-corrected chi connectivity index (χ4v) is 3.92. The fourth-order valence-electron chi connectivity index (χ4n) is 3.92.